The maximum absolute atomic E-state index is 12.6. The van der Waals surface area contributed by atoms with E-state index in [2.05, 4.69) is 10.0 Å². The van der Waals surface area contributed by atoms with Gasteiger partial charge in [-0.2, -0.15) is 0 Å². The summed E-state index contributed by atoms with van der Waals surface area (Å²) < 4.78 is 27.9. The first-order valence-electron chi connectivity index (χ1n) is 8.86. The molecule has 0 saturated heterocycles. The lowest BCUT2D eigenvalue weighted by Gasteiger charge is -2.13. The van der Waals surface area contributed by atoms with Crippen LogP contribution in [0.3, 0.4) is 0 Å². The second-order valence-corrected chi connectivity index (χ2v) is 8.62. The first kappa shape index (κ1) is 18.6. The maximum atomic E-state index is 12.6. The highest BCUT2D eigenvalue weighted by Crippen LogP contribution is 2.22. The molecule has 3 rings (SSSR count). The summed E-state index contributed by atoms with van der Waals surface area (Å²) >= 11 is 0. The molecule has 6 heteroatoms. The van der Waals surface area contributed by atoms with E-state index in [9.17, 15) is 13.2 Å². The number of carbonyl (C=O) groups excluding carboxylic acids is 1. The van der Waals surface area contributed by atoms with Crippen molar-refractivity contribution in [2.45, 2.75) is 50.5 Å². The fourth-order valence-corrected chi connectivity index (χ4v) is 4.63. The fourth-order valence-electron chi connectivity index (χ4n) is 3.28. The van der Waals surface area contributed by atoms with Crippen LogP contribution >= 0.6 is 0 Å². The van der Waals surface area contributed by atoms with Crippen LogP contribution in [0.15, 0.2) is 47.4 Å². The van der Waals surface area contributed by atoms with Crippen LogP contribution in [0.2, 0.25) is 0 Å². The molecule has 26 heavy (non-hydrogen) atoms. The number of amides is 1. The van der Waals surface area contributed by atoms with Crippen molar-refractivity contribution >= 4 is 21.6 Å². The zero-order valence-electron chi connectivity index (χ0n) is 15.1. The number of sulfonamides is 1. The van der Waals surface area contributed by atoms with E-state index < -0.39 is 10.0 Å². The van der Waals surface area contributed by atoms with Crippen LogP contribution in [0.4, 0.5) is 5.69 Å². The predicted octanol–water partition coefficient (Wildman–Crippen LogP) is 3.78. The Bertz CT molecular complexity index is 916. The molecule has 2 aromatic carbocycles. The van der Waals surface area contributed by atoms with E-state index in [0.717, 1.165) is 42.5 Å². The summed E-state index contributed by atoms with van der Waals surface area (Å²) in [5.74, 6) is -0.324. The second-order valence-electron chi connectivity index (χ2n) is 6.90. The average Bonchev–Trinajstić information content (AvgIpc) is 3.09. The lowest BCUT2D eigenvalue weighted by molar-refractivity contribution is 0.102. The minimum absolute atomic E-state index is 0.00677. The Morgan fingerprint density at radius 2 is 1.77 bits per heavy atom. The molecule has 1 amide bonds. The van der Waals surface area contributed by atoms with E-state index in [1.807, 2.05) is 32.0 Å². The molecule has 1 saturated carbocycles. The fraction of sp³-hybridized carbons (Fsp3) is 0.350. The zero-order valence-corrected chi connectivity index (χ0v) is 15.9. The molecule has 0 atom stereocenters. The summed E-state index contributed by atoms with van der Waals surface area (Å²) in [5, 5.41) is 2.85. The van der Waals surface area contributed by atoms with Crippen LogP contribution in [-0.2, 0) is 10.0 Å². The predicted molar refractivity (Wildman–Crippen MR) is 103 cm³/mol. The van der Waals surface area contributed by atoms with Crippen molar-refractivity contribution in [3.63, 3.8) is 0 Å². The molecule has 0 radical (unpaired) electrons. The van der Waals surface area contributed by atoms with Gasteiger partial charge < -0.3 is 5.32 Å². The molecule has 0 aliphatic heterocycles. The number of rotatable bonds is 5. The third-order valence-electron chi connectivity index (χ3n) is 4.71. The summed E-state index contributed by atoms with van der Waals surface area (Å²) in [6.07, 6.45) is 3.83. The Hall–Kier alpha value is -2.18. The quantitative estimate of drug-likeness (QED) is 0.839. The van der Waals surface area contributed by atoms with E-state index in [1.165, 1.54) is 12.1 Å². The molecule has 138 valence electrons. The number of nitrogens with one attached hydrogen (secondary N) is 2. The van der Waals surface area contributed by atoms with Crippen LogP contribution in [0, 0.1) is 13.8 Å². The van der Waals surface area contributed by atoms with Gasteiger partial charge in [-0.15, -0.1) is 0 Å². The summed E-state index contributed by atoms with van der Waals surface area (Å²) in [7, 11) is -3.62. The number of aryl methyl sites for hydroxylation is 2. The maximum Gasteiger partial charge on any atom is 0.255 e. The number of anilines is 1. The molecule has 5 nitrogen and oxygen atoms in total. The Labute approximate surface area is 154 Å². The van der Waals surface area contributed by atoms with Crippen molar-refractivity contribution < 1.29 is 13.2 Å². The number of hydrogen-bond acceptors (Lipinski definition) is 3. The number of hydrogen-bond donors (Lipinski definition) is 2. The monoisotopic (exact) mass is 372 g/mol. The largest absolute Gasteiger partial charge is 0.322 e. The van der Waals surface area contributed by atoms with Crippen LogP contribution < -0.4 is 10.0 Å². The molecular formula is C20H24N2O3S. The Morgan fingerprint density at radius 1 is 1.04 bits per heavy atom. The topological polar surface area (TPSA) is 75.3 Å². The highest BCUT2D eigenvalue weighted by atomic mass is 32.2. The van der Waals surface area contributed by atoms with Crippen molar-refractivity contribution in [1.82, 2.24) is 4.72 Å². The number of carbonyl (C=O) groups is 1. The van der Waals surface area contributed by atoms with Gasteiger partial charge in [0.2, 0.25) is 10.0 Å². The smallest absolute Gasteiger partial charge is 0.255 e. The molecule has 2 N–H and O–H groups in total. The van der Waals surface area contributed by atoms with Gasteiger partial charge in [0.15, 0.2) is 0 Å². The molecule has 0 bridgehead atoms. The van der Waals surface area contributed by atoms with Crippen LogP contribution in [0.5, 0.6) is 0 Å². The molecule has 0 aromatic heterocycles. The van der Waals surface area contributed by atoms with E-state index in [1.54, 1.807) is 12.1 Å². The molecule has 1 aliphatic rings. The van der Waals surface area contributed by atoms with Gasteiger partial charge in [0, 0.05) is 17.3 Å². The SMILES string of the molecule is Cc1ccc(NC(=O)c2cccc(S(=O)(=O)NC3CCCC3)c2)c(C)c1. The van der Waals surface area contributed by atoms with E-state index in [-0.39, 0.29) is 16.8 Å². The molecule has 0 heterocycles. The molecule has 0 unspecified atom stereocenters. The van der Waals surface area contributed by atoms with Crippen LogP contribution in [0.1, 0.15) is 47.2 Å². The van der Waals surface area contributed by atoms with Gasteiger partial charge in [-0.3, -0.25) is 4.79 Å². The minimum Gasteiger partial charge on any atom is -0.322 e. The Kier molecular flexibility index (Phi) is 5.44. The first-order chi connectivity index (χ1) is 12.3. The highest BCUT2D eigenvalue weighted by Gasteiger charge is 2.23. The van der Waals surface area contributed by atoms with Gasteiger partial charge in [0.1, 0.15) is 0 Å². The van der Waals surface area contributed by atoms with Gasteiger partial charge >= 0.3 is 0 Å². The van der Waals surface area contributed by atoms with E-state index in [0.29, 0.717) is 5.56 Å². The van der Waals surface area contributed by atoms with E-state index >= 15 is 0 Å². The molecule has 0 spiro atoms. The normalized spacial score (nSPS) is 15.2. The van der Waals surface area contributed by atoms with Gasteiger partial charge in [0.25, 0.3) is 5.91 Å². The van der Waals surface area contributed by atoms with Gasteiger partial charge in [0.05, 0.1) is 4.90 Å². The summed E-state index contributed by atoms with van der Waals surface area (Å²) in [4.78, 5) is 12.7. The van der Waals surface area contributed by atoms with Crippen molar-refractivity contribution in [3.05, 3.63) is 59.2 Å². The number of benzene rings is 2. The minimum atomic E-state index is -3.62. The van der Waals surface area contributed by atoms with Crippen LogP contribution in [0.25, 0.3) is 0 Å². The van der Waals surface area contributed by atoms with Crippen molar-refractivity contribution in [3.8, 4) is 0 Å². The lowest BCUT2D eigenvalue weighted by Crippen LogP contribution is -2.32. The summed E-state index contributed by atoms with van der Waals surface area (Å²) in [6, 6.07) is 11.9. The standard InChI is InChI=1S/C20H24N2O3S/c1-14-10-11-19(15(2)12-14)21-20(23)16-6-5-9-18(13-16)26(24,25)22-17-7-3-4-8-17/h5-6,9-13,17,22H,3-4,7-8H2,1-2H3,(H,21,23). The van der Waals surface area contributed by atoms with Crippen molar-refractivity contribution in [1.29, 1.82) is 0 Å². The summed E-state index contributed by atoms with van der Waals surface area (Å²) in [6.45, 7) is 3.92. The third kappa shape index (κ3) is 4.31. The van der Waals surface area contributed by atoms with Crippen LogP contribution in [-0.4, -0.2) is 20.4 Å². The third-order valence-corrected chi connectivity index (χ3v) is 6.23. The van der Waals surface area contributed by atoms with Gasteiger partial charge in [-0.25, -0.2) is 13.1 Å². The van der Waals surface area contributed by atoms with Gasteiger partial charge in [-0.1, -0.05) is 36.6 Å². The average molecular weight is 372 g/mol. The Balaban J connectivity index is 1.78. The van der Waals surface area contributed by atoms with Crippen molar-refractivity contribution in [2.24, 2.45) is 0 Å². The molecule has 1 fully saturated rings. The summed E-state index contributed by atoms with van der Waals surface area (Å²) in [5.41, 5.74) is 3.12. The first-order valence-corrected chi connectivity index (χ1v) is 10.3. The highest BCUT2D eigenvalue weighted by molar-refractivity contribution is 7.89. The zero-order chi connectivity index (χ0) is 18.7. The molecule has 1 aliphatic carbocycles. The lowest BCUT2D eigenvalue weighted by atomic mass is 10.1. The Morgan fingerprint density at radius 3 is 2.46 bits per heavy atom. The van der Waals surface area contributed by atoms with Gasteiger partial charge in [-0.05, 0) is 56.5 Å². The second kappa shape index (κ2) is 7.60. The van der Waals surface area contributed by atoms with E-state index in [4.69, 9.17) is 0 Å². The molecule has 2 aromatic rings. The molecular weight excluding hydrogens is 348 g/mol. The van der Waals surface area contributed by atoms with Crippen molar-refractivity contribution in [2.75, 3.05) is 5.32 Å².